The normalized spacial score (nSPS) is 14.6. The van der Waals surface area contributed by atoms with Crippen LogP contribution in [-0.2, 0) is 16.6 Å². The lowest BCUT2D eigenvalue weighted by Crippen LogP contribution is -2.30. The zero-order chi connectivity index (χ0) is 23.9. The maximum Gasteiger partial charge on any atom is 0.260 e. The van der Waals surface area contributed by atoms with E-state index in [0.717, 1.165) is 34.2 Å². The maximum absolute atomic E-state index is 13.6. The summed E-state index contributed by atoms with van der Waals surface area (Å²) in [6.07, 6.45) is 3.32. The van der Waals surface area contributed by atoms with Crippen LogP contribution >= 0.6 is 11.3 Å². The molecule has 5 rings (SSSR count). The molecule has 0 atom stereocenters. The fraction of sp³-hybridized carbons (Fsp3) is 0.280. The van der Waals surface area contributed by atoms with Crippen LogP contribution in [0.4, 0.5) is 5.13 Å². The Labute approximate surface area is 202 Å². The van der Waals surface area contributed by atoms with Crippen LogP contribution in [-0.4, -0.2) is 36.7 Å². The standard InChI is InChI=1S/C25H25N3O4S2/c1-17-7-8-18(2)23-22(17)26-25(33-23)28(16-20-6-5-15-32-20)24(29)19-9-11-21(12-10-19)34(30,31)27-13-3-4-14-27/h5-12,15H,3-4,13-14,16H2,1-2H3. The summed E-state index contributed by atoms with van der Waals surface area (Å²) < 4.78 is 33.8. The van der Waals surface area contributed by atoms with Gasteiger partial charge in [0.15, 0.2) is 5.13 Å². The molecule has 0 radical (unpaired) electrons. The van der Waals surface area contributed by atoms with Gasteiger partial charge in [-0.1, -0.05) is 23.5 Å². The lowest BCUT2D eigenvalue weighted by atomic mass is 10.1. The van der Waals surface area contributed by atoms with E-state index in [1.807, 2.05) is 26.0 Å². The summed E-state index contributed by atoms with van der Waals surface area (Å²) in [6.45, 7) is 5.33. The topological polar surface area (TPSA) is 83.7 Å². The number of sulfonamides is 1. The lowest BCUT2D eigenvalue weighted by Gasteiger charge is -2.19. The molecule has 4 aromatic rings. The molecule has 1 aliphatic rings. The number of hydrogen-bond donors (Lipinski definition) is 0. The summed E-state index contributed by atoms with van der Waals surface area (Å²) in [5, 5.41) is 0.572. The first-order valence-electron chi connectivity index (χ1n) is 11.2. The summed E-state index contributed by atoms with van der Waals surface area (Å²) in [4.78, 5) is 20.2. The van der Waals surface area contributed by atoms with E-state index >= 15 is 0 Å². The first-order chi connectivity index (χ1) is 16.3. The molecule has 9 heteroatoms. The molecule has 2 aromatic carbocycles. The van der Waals surface area contributed by atoms with Crippen LogP contribution in [0.5, 0.6) is 0 Å². The Bertz CT molecular complexity index is 1400. The summed E-state index contributed by atoms with van der Waals surface area (Å²) in [5.41, 5.74) is 3.42. The number of hydrogen-bond acceptors (Lipinski definition) is 6. The van der Waals surface area contributed by atoms with Gasteiger partial charge in [0.2, 0.25) is 10.0 Å². The van der Waals surface area contributed by atoms with E-state index in [9.17, 15) is 13.2 Å². The second-order valence-corrected chi connectivity index (χ2v) is 11.4. The van der Waals surface area contributed by atoms with Gasteiger partial charge in [0.25, 0.3) is 5.91 Å². The Kier molecular flexibility index (Phi) is 6.01. The van der Waals surface area contributed by atoms with Gasteiger partial charge in [0.1, 0.15) is 5.76 Å². The Morgan fingerprint density at radius 1 is 1.06 bits per heavy atom. The van der Waals surface area contributed by atoms with E-state index in [2.05, 4.69) is 6.07 Å². The van der Waals surface area contributed by atoms with Crippen molar-refractivity contribution >= 4 is 42.6 Å². The fourth-order valence-corrected chi connectivity index (χ4v) is 6.78. The number of aryl methyl sites for hydroxylation is 2. The highest BCUT2D eigenvalue weighted by atomic mass is 32.2. The van der Waals surface area contributed by atoms with Crippen molar-refractivity contribution < 1.29 is 17.6 Å². The third-order valence-electron chi connectivity index (χ3n) is 6.11. The molecule has 1 fully saturated rings. The summed E-state index contributed by atoms with van der Waals surface area (Å²) in [6, 6.07) is 13.8. The number of rotatable bonds is 6. The van der Waals surface area contributed by atoms with Crippen molar-refractivity contribution in [1.82, 2.24) is 9.29 Å². The van der Waals surface area contributed by atoms with E-state index in [-0.39, 0.29) is 17.3 Å². The van der Waals surface area contributed by atoms with Gasteiger partial charge in [-0.3, -0.25) is 9.69 Å². The minimum atomic E-state index is -3.54. The van der Waals surface area contributed by atoms with Crippen molar-refractivity contribution in [2.24, 2.45) is 0 Å². The molecule has 1 aliphatic heterocycles. The molecular formula is C25H25N3O4S2. The third kappa shape index (κ3) is 4.15. The Morgan fingerprint density at radius 3 is 2.41 bits per heavy atom. The van der Waals surface area contributed by atoms with Crippen molar-refractivity contribution in [3.63, 3.8) is 0 Å². The molecule has 3 heterocycles. The number of anilines is 1. The number of nitrogens with zero attached hydrogens (tertiary/aromatic N) is 3. The zero-order valence-electron chi connectivity index (χ0n) is 19.0. The second kappa shape index (κ2) is 8.98. The SMILES string of the molecule is Cc1ccc(C)c2sc(N(Cc3ccco3)C(=O)c3ccc(S(=O)(=O)N4CCCC4)cc3)nc12. The lowest BCUT2D eigenvalue weighted by molar-refractivity contribution is 0.0983. The highest BCUT2D eigenvalue weighted by Crippen LogP contribution is 2.34. The molecule has 0 spiro atoms. The predicted octanol–water partition coefficient (Wildman–Crippen LogP) is 5.14. The molecule has 1 amide bonds. The first kappa shape index (κ1) is 22.8. The summed E-state index contributed by atoms with van der Waals surface area (Å²) >= 11 is 1.46. The van der Waals surface area contributed by atoms with Gasteiger partial charge >= 0.3 is 0 Å². The van der Waals surface area contributed by atoms with Gasteiger partial charge in [-0.05, 0) is 74.2 Å². The zero-order valence-corrected chi connectivity index (χ0v) is 20.7. The van der Waals surface area contributed by atoms with Gasteiger partial charge in [0, 0.05) is 18.7 Å². The van der Waals surface area contributed by atoms with Gasteiger partial charge in [-0.2, -0.15) is 4.31 Å². The summed E-state index contributed by atoms with van der Waals surface area (Å²) in [5.74, 6) is 0.366. The Morgan fingerprint density at radius 2 is 1.76 bits per heavy atom. The number of thiazole rings is 1. The van der Waals surface area contributed by atoms with E-state index in [0.29, 0.717) is 29.5 Å². The number of amides is 1. The maximum atomic E-state index is 13.6. The van der Waals surface area contributed by atoms with Crippen molar-refractivity contribution in [3.8, 4) is 0 Å². The predicted molar refractivity (Wildman–Crippen MR) is 133 cm³/mol. The minimum absolute atomic E-state index is 0.203. The smallest absolute Gasteiger partial charge is 0.260 e. The van der Waals surface area contributed by atoms with Crippen LogP contribution in [0.3, 0.4) is 0 Å². The first-order valence-corrected chi connectivity index (χ1v) is 13.4. The van der Waals surface area contributed by atoms with E-state index in [4.69, 9.17) is 9.40 Å². The van der Waals surface area contributed by atoms with Crippen LogP contribution in [0.15, 0.2) is 64.1 Å². The average molecular weight is 496 g/mol. The van der Waals surface area contributed by atoms with Gasteiger partial charge in [0.05, 0.1) is 27.9 Å². The third-order valence-corrected chi connectivity index (χ3v) is 9.23. The molecule has 0 unspecified atom stereocenters. The molecule has 2 aromatic heterocycles. The number of furan rings is 1. The van der Waals surface area contributed by atoms with Crippen LogP contribution in [0.25, 0.3) is 10.2 Å². The van der Waals surface area contributed by atoms with Gasteiger partial charge < -0.3 is 4.42 Å². The second-order valence-electron chi connectivity index (χ2n) is 8.48. The van der Waals surface area contributed by atoms with Crippen LogP contribution < -0.4 is 4.90 Å². The van der Waals surface area contributed by atoms with E-state index in [1.54, 1.807) is 29.4 Å². The van der Waals surface area contributed by atoms with Crippen molar-refractivity contribution in [2.75, 3.05) is 18.0 Å². The van der Waals surface area contributed by atoms with Crippen LogP contribution in [0, 0.1) is 13.8 Å². The molecule has 7 nitrogen and oxygen atoms in total. The molecule has 34 heavy (non-hydrogen) atoms. The van der Waals surface area contributed by atoms with Crippen molar-refractivity contribution in [1.29, 1.82) is 0 Å². The highest BCUT2D eigenvalue weighted by Gasteiger charge is 2.28. The van der Waals surface area contributed by atoms with Crippen molar-refractivity contribution in [2.45, 2.75) is 38.1 Å². The number of benzene rings is 2. The Balaban J connectivity index is 1.50. The van der Waals surface area contributed by atoms with Crippen LogP contribution in [0.1, 0.15) is 40.1 Å². The quantitative estimate of drug-likeness (QED) is 0.370. The number of carbonyl (C=O) groups is 1. The van der Waals surface area contributed by atoms with Crippen molar-refractivity contribution in [3.05, 3.63) is 77.2 Å². The van der Waals surface area contributed by atoms with Gasteiger partial charge in [-0.15, -0.1) is 0 Å². The molecule has 0 bridgehead atoms. The number of carbonyl (C=O) groups excluding carboxylic acids is 1. The number of fused-ring (bicyclic) bond motifs is 1. The fourth-order valence-electron chi connectivity index (χ4n) is 4.15. The van der Waals surface area contributed by atoms with E-state index in [1.165, 1.54) is 27.8 Å². The summed E-state index contributed by atoms with van der Waals surface area (Å²) in [7, 11) is -3.54. The monoisotopic (exact) mass is 495 g/mol. The van der Waals surface area contributed by atoms with Gasteiger partial charge in [-0.25, -0.2) is 13.4 Å². The minimum Gasteiger partial charge on any atom is -0.467 e. The molecule has 1 saturated heterocycles. The van der Waals surface area contributed by atoms with Crippen LogP contribution in [0.2, 0.25) is 0 Å². The Hall–Kier alpha value is -3.01. The average Bonchev–Trinajstić information content (AvgIpc) is 3.61. The molecule has 0 N–H and O–H groups in total. The molecule has 0 aliphatic carbocycles. The molecule has 176 valence electrons. The van der Waals surface area contributed by atoms with E-state index < -0.39 is 10.0 Å². The molecular weight excluding hydrogens is 470 g/mol. The highest BCUT2D eigenvalue weighted by molar-refractivity contribution is 7.89. The number of aromatic nitrogens is 1. The molecule has 0 saturated carbocycles. The largest absolute Gasteiger partial charge is 0.467 e.